The lowest BCUT2D eigenvalue weighted by molar-refractivity contribution is 0.0933. The first-order valence-corrected chi connectivity index (χ1v) is 8.70. The molecule has 1 atom stereocenters. The number of aromatic nitrogens is 3. The van der Waals surface area contributed by atoms with E-state index in [-0.39, 0.29) is 17.5 Å². The van der Waals surface area contributed by atoms with Crippen molar-refractivity contribution in [2.75, 3.05) is 0 Å². The number of carbonyl (C=O) groups excluding carboxylic acids is 1. The minimum atomic E-state index is -0.260. The van der Waals surface area contributed by atoms with Gasteiger partial charge in [0.15, 0.2) is 0 Å². The molecule has 134 valence electrons. The van der Waals surface area contributed by atoms with Crippen LogP contribution in [0.4, 0.5) is 0 Å². The summed E-state index contributed by atoms with van der Waals surface area (Å²) in [4.78, 5) is 31.3. The number of hydrogen-bond donors (Lipinski definition) is 2. The van der Waals surface area contributed by atoms with Crippen molar-refractivity contribution in [1.29, 1.82) is 0 Å². The maximum atomic E-state index is 12.7. The van der Waals surface area contributed by atoms with Crippen molar-refractivity contribution in [1.82, 2.24) is 19.9 Å². The molecule has 2 heterocycles. The van der Waals surface area contributed by atoms with Crippen molar-refractivity contribution in [3.63, 3.8) is 0 Å². The van der Waals surface area contributed by atoms with Crippen molar-refractivity contribution >= 4 is 5.91 Å². The van der Waals surface area contributed by atoms with Gasteiger partial charge in [0.25, 0.3) is 5.91 Å². The summed E-state index contributed by atoms with van der Waals surface area (Å²) in [6.07, 6.45) is 6.77. The van der Waals surface area contributed by atoms with E-state index in [1.807, 2.05) is 48.0 Å². The topological polar surface area (TPSA) is 79.8 Å². The van der Waals surface area contributed by atoms with Crippen molar-refractivity contribution in [2.45, 2.75) is 32.4 Å². The highest BCUT2D eigenvalue weighted by molar-refractivity contribution is 5.94. The van der Waals surface area contributed by atoms with E-state index in [2.05, 4.69) is 15.3 Å². The first kappa shape index (κ1) is 17.7. The number of H-pyrrole nitrogens is 1. The second-order valence-corrected chi connectivity index (χ2v) is 6.14. The van der Waals surface area contributed by atoms with E-state index in [1.54, 1.807) is 18.6 Å². The molecule has 1 amide bonds. The first-order chi connectivity index (χ1) is 12.7. The minimum Gasteiger partial charge on any atom is -0.345 e. The van der Waals surface area contributed by atoms with Gasteiger partial charge in [-0.15, -0.1) is 0 Å². The zero-order valence-electron chi connectivity index (χ0n) is 14.7. The monoisotopic (exact) mass is 350 g/mol. The van der Waals surface area contributed by atoms with E-state index < -0.39 is 0 Å². The van der Waals surface area contributed by atoms with Crippen molar-refractivity contribution < 1.29 is 4.79 Å². The van der Waals surface area contributed by atoms with Crippen LogP contribution in [0.5, 0.6) is 0 Å². The lowest BCUT2D eigenvalue weighted by Crippen LogP contribution is -2.30. The number of imidazole rings is 1. The molecule has 3 aromatic rings. The molecule has 0 spiro atoms. The van der Waals surface area contributed by atoms with E-state index in [0.717, 1.165) is 24.2 Å². The van der Waals surface area contributed by atoms with Crippen LogP contribution in [0, 0.1) is 0 Å². The first-order valence-electron chi connectivity index (χ1n) is 8.70. The number of aryl methyl sites for hydroxylation is 2. The van der Waals surface area contributed by atoms with E-state index in [9.17, 15) is 9.59 Å². The molecule has 0 fully saturated rings. The molecule has 0 unspecified atom stereocenters. The smallest absolute Gasteiger partial charge is 0.252 e. The van der Waals surface area contributed by atoms with E-state index in [4.69, 9.17) is 0 Å². The number of benzene rings is 1. The second-order valence-electron chi connectivity index (χ2n) is 6.14. The third-order valence-corrected chi connectivity index (χ3v) is 4.29. The molecule has 1 aromatic carbocycles. The zero-order chi connectivity index (χ0) is 18.4. The Kier molecular flexibility index (Phi) is 5.63. The molecule has 6 heteroatoms. The molecule has 26 heavy (non-hydrogen) atoms. The number of carbonyl (C=O) groups is 1. The largest absolute Gasteiger partial charge is 0.345 e. The average Bonchev–Trinajstić information content (AvgIpc) is 3.18. The lowest BCUT2D eigenvalue weighted by Gasteiger charge is -2.20. The van der Waals surface area contributed by atoms with Crippen molar-refractivity contribution in [2.24, 2.45) is 0 Å². The van der Waals surface area contributed by atoms with Gasteiger partial charge in [0.1, 0.15) is 0 Å². The molecule has 6 nitrogen and oxygen atoms in total. The maximum absolute atomic E-state index is 12.7. The highest BCUT2D eigenvalue weighted by Gasteiger charge is 2.16. The van der Waals surface area contributed by atoms with E-state index in [0.29, 0.717) is 12.0 Å². The Hall–Kier alpha value is -3.15. The number of aromatic amines is 1. The second kappa shape index (κ2) is 8.29. The molecular formula is C20H22N4O2. The fourth-order valence-corrected chi connectivity index (χ4v) is 2.87. The van der Waals surface area contributed by atoms with Crippen LogP contribution in [0.2, 0.25) is 0 Å². The predicted octanol–water partition coefficient (Wildman–Crippen LogP) is 2.70. The van der Waals surface area contributed by atoms with Crippen LogP contribution in [0.3, 0.4) is 0 Å². The number of pyridine rings is 1. The molecule has 0 bridgehead atoms. The molecular weight excluding hydrogens is 328 g/mol. The van der Waals surface area contributed by atoms with Gasteiger partial charge in [-0.1, -0.05) is 37.3 Å². The van der Waals surface area contributed by atoms with Gasteiger partial charge in [-0.25, -0.2) is 4.98 Å². The maximum Gasteiger partial charge on any atom is 0.252 e. The van der Waals surface area contributed by atoms with Gasteiger partial charge in [-0.05, 0) is 24.5 Å². The fraction of sp³-hybridized carbons (Fsp3) is 0.250. The van der Waals surface area contributed by atoms with Crippen LogP contribution in [0.1, 0.15) is 41.0 Å². The highest BCUT2D eigenvalue weighted by atomic mass is 16.2. The fourth-order valence-electron chi connectivity index (χ4n) is 2.87. The molecule has 0 aliphatic heterocycles. The summed E-state index contributed by atoms with van der Waals surface area (Å²) in [5.74, 6) is -0.245. The highest BCUT2D eigenvalue weighted by Crippen LogP contribution is 2.18. The van der Waals surface area contributed by atoms with Crippen LogP contribution >= 0.6 is 0 Å². The predicted molar refractivity (Wildman–Crippen MR) is 99.9 cm³/mol. The summed E-state index contributed by atoms with van der Waals surface area (Å²) in [5.41, 5.74) is 1.90. The molecule has 3 rings (SSSR count). The molecule has 2 aromatic heterocycles. The van der Waals surface area contributed by atoms with Crippen LogP contribution in [0.15, 0.2) is 66.0 Å². The van der Waals surface area contributed by atoms with Gasteiger partial charge in [-0.2, -0.15) is 0 Å². The summed E-state index contributed by atoms with van der Waals surface area (Å²) < 4.78 is 1.98. The minimum absolute atomic E-state index is 0.157. The Morgan fingerprint density at radius 1 is 1.27 bits per heavy atom. The van der Waals surface area contributed by atoms with Crippen LogP contribution in [-0.4, -0.2) is 20.4 Å². The SMILES string of the molecule is CCc1cc(C(=O)N[C@H](CCn2ccnc2)c2ccccc2)cc(=O)[nH]1. The van der Waals surface area contributed by atoms with E-state index >= 15 is 0 Å². The van der Waals surface area contributed by atoms with Gasteiger partial charge >= 0.3 is 0 Å². The summed E-state index contributed by atoms with van der Waals surface area (Å²) in [7, 11) is 0. The lowest BCUT2D eigenvalue weighted by atomic mass is 10.0. The normalized spacial score (nSPS) is 11.9. The van der Waals surface area contributed by atoms with Gasteiger partial charge in [-0.3, -0.25) is 9.59 Å². The third kappa shape index (κ3) is 4.47. The van der Waals surface area contributed by atoms with Gasteiger partial charge < -0.3 is 14.9 Å². The van der Waals surface area contributed by atoms with Crippen LogP contribution in [-0.2, 0) is 13.0 Å². The Morgan fingerprint density at radius 2 is 2.08 bits per heavy atom. The number of nitrogens with one attached hydrogen (secondary N) is 2. The van der Waals surface area contributed by atoms with Gasteiger partial charge in [0.05, 0.1) is 12.4 Å². The Bertz CT molecular complexity index is 901. The zero-order valence-corrected chi connectivity index (χ0v) is 14.7. The molecule has 0 aliphatic carbocycles. The Balaban J connectivity index is 1.79. The van der Waals surface area contributed by atoms with Gasteiger partial charge in [0.2, 0.25) is 5.56 Å². The quantitative estimate of drug-likeness (QED) is 0.687. The molecule has 0 radical (unpaired) electrons. The summed E-state index contributed by atoms with van der Waals surface area (Å²) in [6.45, 7) is 2.67. The third-order valence-electron chi connectivity index (χ3n) is 4.29. The number of amides is 1. The summed E-state index contributed by atoms with van der Waals surface area (Å²) in [6, 6.07) is 12.8. The standard InChI is InChI=1S/C20H22N4O2/c1-2-17-12-16(13-19(25)22-17)20(26)23-18(15-6-4-3-5-7-15)8-10-24-11-9-21-14-24/h3-7,9,11-14,18H,2,8,10H2,1H3,(H,22,25)(H,23,26)/t18-/m1/s1. The van der Waals surface area contributed by atoms with Crippen molar-refractivity contribution in [3.8, 4) is 0 Å². The average molecular weight is 350 g/mol. The molecule has 0 aliphatic rings. The van der Waals surface area contributed by atoms with Crippen LogP contribution < -0.4 is 10.9 Å². The summed E-state index contributed by atoms with van der Waals surface area (Å²) in [5, 5.41) is 3.07. The number of nitrogens with zero attached hydrogens (tertiary/aromatic N) is 2. The Labute approximate surface area is 151 Å². The molecule has 0 saturated carbocycles. The van der Waals surface area contributed by atoms with Gasteiger partial charge in [0, 0.05) is 36.3 Å². The van der Waals surface area contributed by atoms with E-state index in [1.165, 1.54) is 6.07 Å². The van der Waals surface area contributed by atoms with Crippen molar-refractivity contribution in [3.05, 3.63) is 88.4 Å². The number of rotatable bonds is 7. The molecule has 2 N–H and O–H groups in total. The summed E-state index contributed by atoms with van der Waals surface area (Å²) >= 11 is 0. The number of hydrogen-bond acceptors (Lipinski definition) is 3. The Morgan fingerprint density at radius 3 is 2.77 bits per heavy atom. The van der Waals surface area contributed by atoms with Crippen LogP contribution in [0.25, 0.3) is 0 Å². The molecule has 0 saturated heterocycles.